The van der Waals surface area contributed by atoms with Crippen LogP contribution in [0.1, 0.15) is 22.3 Å². The molecule has 0 aliphatic heterocycles. The Bertz CT molecular complexity index is 3590. The zero-order valence-corrected chi connectivity index (χ0v) is 33.0. The van der Waals surface area contributed by atoms with E-state index in [-0.39, 0.29) is 0 Å². The fourth-order valence-corrected chi connectivity index (χ4v) is 10.8. The van der Waals surface area contributed by atoms with Gasteiger partial charge in [-0.05, 0) is 172 Å². The van der Waals surface area contributed by atoms with Gasteiger partial charge in [-0.1, -0.05) is 133 Å². The van der Waals surface area contributed by atoms with E-state index in [0.717, 1.165) is 5.69 Å². The van der Waals surface area contributed by atoms with Crippen LogP contribution in [0.15, 0.2) is 164 Å². The zero-order chi connectivity index (χ0) is 38.8. The van der Waals surface area contributed by atoms with Gasteiger partial charge in [-0.3, -0.25) is 4.98 Å². The van der Waals surface area contributed by atoms with Crippen molar-refractivity contribution in [3.63, 3.8) is 0 Å². The highest BCUT2D eigenvalue weighted by Crippen LogP contribution is 2.55. The molecule has 1 nitrogen and oxygen atoms in total. The molecule has 1 heteroatoms. The summed E-state index contributed by atoms with van der Waals surface area (Å²) in [5.74, 6) is 0. The summed E-state index contributed by atoms with van der Waals surface area (Å²) in [6, 6.07) is 59.1. The third-order valence-electron chi connectivity index (χ3n) is 13.1. The van der Waals surface area contributed by atoms with Gasteiger partial charge in [0.2, 0.25) is 0 Å². The van der Waals surface area contributed by atoms with Crippen molar-refractivity contribution < 1.29 is 0 Å². The van der Waals surface area contributed by atoms with Crippen LogP contribution in [-0.4, -0.2) is 4.98 Å². The number of hydrogen-bond acceptors (Lipinski definition) is 1. The van der Waals surface area contributed by atoms with Gasteiger partial charge in [0.05, 0.1) is 5.69 Å². The van der Waals surface area contributed by atoms with Crippen LogP contribution in [-0.2, 0) is 0 Å². The van der Waals surface area contributed by atoms with E-state index >= 15 is 0 Å². The summed E-state index contributed by atoms with van der Waals surface area (Å²) in [5, 5.41) is 18.1. The lowest BCUT2D eigenvalue weighted by atomic mass is 9.85. The monoisotopic (exact) mass is 737 g/mol. The number of hydrogen-bond donors (Lipinski definition) is 0. The van der Waals surface area contributed by atoms with E-state index in [1.54, 1.807) is 0 Å². The van der Waals surface area contributed by atoms with E-state index in [9.17, 15) is 0 Å². The molecule has 1 heterocycles. The maximum atomic E-state index is 5.16. The lowest BCUT2D eigenvalue weighted by Crippen LogP contribution is -1.92. The van der Waals surface area contributed by atoms with Crippen molar-refractivity contribution in [2.75, 3.05) is 0 Å². The Labute approximate surface area is 337 Å². The predicted molar refractivity (Wildman–Crippen MR) is 250 cm³/mol. The number of fused-ring (bicyclic) bond motifs is 8. The Kier molecular flexibility index (Phi) is 6.96. The topological polar surface area (TPSA) is 12.9 Å². The number of rotatable bonds is 4. The van der Waals surface area contributed by atoms with Crippen LogP contribution in [0, 0.1) is 27.7 Å². The van der Waals surface area contributed by atoms with Crippen molar-refractivity contribution in [3.05, 3.63) is 186 Å². The third-order valence-corrected chi connectivity index (χ3v) is 13.1. The first kappa shape index (κ1) is 33.1. The average Bonchev–Trinajstić information content (AvgIpc) is 3.75. The minimum absolute atomic E-state index is 0.997. The Morgan fingerprint density at radius 1 is 0.293 bits per heavy atom. The minimum Gasteiger partial charge on any atom is -0.256 e. The van der Waals surface area contributed by atoms with E-state index in [2.05, 4.69) is 179 Å². The van der Waals surface area contributed by atoms with Crippen LogP contribution in [0.25, 0.3) is 120 Å². The molecule has 0 atom stereocenters. The summed E-state index contributed by atoms with van der Waals surface area (Å²) >= 11 is 0. The first-order valence-electron chi connectivity index (χ1n) is 20.4. The van der Waals surface area contributed by atoms with Crippen LogP contribution < -0.4 is 0 Å². The summed E-state index contributed by atoms with van der Waals surface area (Å²) in [6.07, 6.45) is 1.95. The normalized spacial score (nSPS) is 12.1. The first-order valence-corrected chi connectivity index (χ1v) is 20.4. The molecular formula is C57H39N. The van der Waals surface area contributed by atoms with Gasteiger partial charge in [0.25, 0.3) is 0 Å². The van der Waals surface area contributed by atoms with E-state index in [1.165, 1.54) is 137 Å². The molecule has 0 N–H and O–H groups in total. The summed E-state index contributed by atoms with van der Waals surface area (Å²) in [6.45, 7) is 8.93. The zero-order valence-electron chi connectivity index (χ0n) is 33.0. The number of benzene rings is 9. The summed E-state index contributed by atoms with van der Waals surface area (Å²) in [4.78, 5) is 5.16. The SMILES string of the molecule is Cc1cccc(C)c1-c1ccc2c(c1)c1cccc3c4c(-c5ccccn5)c5c6cccc7c(-c8c(C)cccc8C)ccc(c5c(-c5ccccc5)c4cc2c13)c76. The molecule has 58 heavy (non-hydrogen) atoms. The van der Waals surface area contributed by atoms with Crippen molar-refractivity contribution in [2.24, 2.45) is 0 Å². The average molecular weight is 738 g/mol. The van der Waals surface area contributed by atoms with Crippen molar-refractivity contribution in [2.45, 2.75) is 27.7 Å². The molecule has 0 radical (unpaired) electrons. The summed E-state index contributed by atoms with van der Waals surface area (Å²) in [7, 11) is 0. The van der Waals surface area contributed by atoms with Gasteiger partial charge >= 0.3 is 0 Å². The Morgan fingerprint density at radius 2 is 0.879 bits per heavy atom. The maximum Gasteiger partial charge on any atom is 0.0714 e. The van der Waals surface area contributed by atoms with Crippen LogP contribution in [0.3, 0.4) is 0 Å². The van der Waals surface area contributed by atoms with E-state index in [1.807, 2.05) is 12.3 Å². The first-order chi connectivity index (χ1) is 28.5. The highest BCUT2D eigenvalue weighted by Gasteiger charge is 2.27. The quantitative estimate of drug-likeness (QED) is 0.164. The Morgan fingerprint density at radius 3 is 1.60 bits per heavy atom. The van der Waals surface area contributed by atoms with Crippen molar-refractivity contribution in [3.8, 4) is 44.6 Å². The molecule has 0 aliphatic carbocycles. The molecule has 0 spiro atoms. The molecule has 0 saturated heterocycles. The number of aryl methyl sites for hydroxylation is 4. The highest BCUT2D eigenvalue weighted by atomic mass is 14.7. The lowest BCUT2D eigenvalue weighted by Gasteiger charge is -2.18. The number of aromatic nitrogens is 1. The van der Waals surface area contributed by atoms with Crippen molar-refractivity contribution in [1.82, 2.24) is 4.98 Å². The van der Waals surface area contributed by atoms with Crippen molar-refractivity contribution in [1.29, 1.82) is 0 Å². The van der Waals surface area contributed by atoms with Crippen molar-refractivity contribution >= 4 is 75.4 Å². The summed E-state index contributed by atoms with van der Waals surface area (Å²) < 4.78 is 0. The maximum absolute atomic E-state index is 5.16. The van der Waals surface area contributed by atoms with Gasteiger partial charge in [0.1, 0.15) is 0 Å². The molecule has 1 aromatic heterocycles. The molecule has 0 bridgehead atoms. The fraction of sp³-hybridized carbons (Fsp3) is 0.0702. The molecule has 12 rings (SSSR count). The predicted octanol–water partition coefficient (Wildman–Crippen LogP) is 15.9. The molecule has 0 saturated carbocycles. The van der Waals surface area contributed by atoms with Gasteiger partial charge in [-0.15, -0.1) is 0 Å². The van der Waals surface area contributed by atoms with Crippen LogP contribution >= 0.6 is 0 Å². The summed E-state index contributed by atoms with van der Waals surface area (Å²) in [5.41, 5.74) is 15.1. The van der Waals surface area contributed by atoms with Gasteiger partial charge < -0.3 is 0 Å². The van der Waals surface area contributed by atoms with Gasteiger partial charge in [0, 0.05) is 22.5 Å². The third kappa shape index (κ3) is 4.45. The molecule has 272 valence electrons. The lowest BCUT2D eigenvalue weighted by molar-refractivity contribution is 1.34. The smallest absolute Gasteiger partial charge is 0.0714 e. The van der Waals surface area contributed by atoms with E-state index < -0.39 is 0 Å². The van der Waals surface area contributed by atoms with Crippen LogP contribution in [0.2, 0.25) is 0 Å². The van der Waals surface area contributed by atoms with E-state index in [0.29, 0.717) is 0 Å². The van der Waals surface area contributed by atoms with Crippen LogP contribution in [0.4, 0.5) is 0 Å². The fourth-order valence-electron chi connectivity index (χ4n) is 10.8. The second-order valence-corrected chi connectivity index (χ2v) is 16.3. The second-order valence-electron chi connectivity index (χ2n) is 16.3. The minimum atomic E-state index is 0.997. The molecule has 0 fully saturated rings. The van der Waals surface area contributed by atoms with Gasteiger partial charge in [-0.2, -0.15) is 0 Å². The molecule has 0 aliphatic rings. The Hall–Kier alpha value is -7.09. The second kappa shape index (κ2) is 12.2. The van der Waals surface area contributed by atoms with E-state index in [4.69, 9.17) is 4.98 Å². The highest BCUT2D eigenvalue weighted by molar-refractivity contribution is 6.45. The number of nitrogens with zero attached hydrogens (tertiary/aromatic N) is 1. The molecule has 12 aromatic rings. The largest absolute Gasteiger partial charge is 0.256 e. The molecule has 11 aromatic carbocycles. The van der Waals surface area contributed by atoms with Gasteiger partial charge in [-0.25, -0.2) is 0 Å². The standard InChI is InChI=1S/C57H39N/c1-32-14-10-15-33(2)49(32)37-25-26-38-45(30-37)40-21-13-22-42-53(40)46(38)31-47-51(36-18-6-5-7-19-36)55-44-28-27-41(50-34(3)16-11-17-35(50)4)39-20-12-23-43(52(39)44)56(55)57(54(42)47)48-24-8-9-29-58-48/h5-31H,1-4H3. The van der Waals surface area contributed by atoms with Crippen LogP contribution in [0.5, 0.6) is 0 Å². The molecular weight excluding hydrogens is 699 g/mol. The van der Waals surface area contributed by atoms with Gasteiger partial charge in [0.15, 0.2) is 0 Å². The molecule has 0 unspecified atom stereocenters. The number of pyridine rings is 1. The Balaban J connectivity index is 1.32. The molecule has 0 amide bonds.